The van der Waals surface area contributed by atoms with Crippen LogP contribution in [0, 0.1) is 5.92 Å². The van der Waals surface area contributed by atoms with E-state index >= 15 is 0 Å². The van der Waals surface area contributed by atoms with Crippen molar-refractivity contribution in [2.75, 3.05) is 18.5 Å². The second-order valence-electron chi connectivity index (χ2n) is 7.75. The van der Waals surface area contributed by atoms with E-state index in [4.69, 9.17) is 21.7 Å². The lowest BCUT2D eigenvalue weighted by Crippen LogP contribution is -2.34. The van der Waals surface area contributed by atoms with Gasteiger partial charge in [0.15, 0.2) is 5.11 Å². The van der Waals surface area contributed by atoms with Crippen LogP contribution >= 0.6 is 12.2 Å². The van der Waals surface area contributed by atoms with Crippen molar-refractivity contribution in [1.82, 2.24) is 5.32 Å². The van der Waals surface area contributed by atoms with E-state index in [9.17, 15) is 4.79 Å². The van der Waals surface area contributed by atoms with E-state index in [0.29, 0.717) is 24.7 Å². The lowest BCUT2D eigenvalue weighted by molar-refractivity contribution is 0.0977. The van der Waals surface area contributed by atoms with Crippen LogP contribution in [0.5, 0.6) is 11.5 Å². The molecule has 0 saturated heterocycles. The number of thiocarbonyl (C=S) groups is 1. The monoisotopic (exact) mass is 448 g/mol. The molecule has 5 nitrogen and oxygen atoms in total. The van der Waals surface area contributed by atoms with Crippen LogP contribution in [0.4, 0.5) is 5.69 Å². The van der Waals surface area contributed by atoms with Crippen molar-refractivity contribution in [2.24, 2.45) is 5.92 Å². The highest BCUT2D eigenvalue weighted by atomic mass is 32.1. The van der Waals surface area contributed by atoms with Crippen molar-refractivity contribution in [3.63, 3.8) is 0 Å². The molecular formula is C26H28N2O3S. The summed E-state index contributed by atoms with van der Waals surface area (Å²) >= 11 is 5.26. The predicted octanol–water partition coefficient (Wildman–Crippen LogP) is 5.47. The number of hydrogen-bond acceptors (Lipinski definition) is 4. The summed E-state index contributed by atoms with van der Waals surface area (Å²) in [5.74, 6) is 1.70. The molecule has 0 aliphatic carbocycles. The maximum Gasteiger partial charge on any atom is 0.257 e. The smallest absolute Gasteiger partial charge is 0.257 e. The second-order valence-corrected chi connectivity index (χ2v) is 8.15. The molecule has 0 aromatic heterocycles. The van der Waals surface area contributed by atoms with Crippen LogP contribution in [0.2, 0.25) is 0 Å². The molecule has 32 heavy (non-hydrogen) atoms. The molecule has 0 bridgehead atoms. The third-order valence-electron chi connectivity index (χ3n) is 4.54. The Labute approximate surface area is 194 Å². The first-order valence-corrected chi connectivity index (χ1v) is 11.0. The maximum atomic E-state index is 12.5. The molecule has 0 spiro atoms. The fraction of sp³-hybridized carbons (Fsp3) is 0.231. The lowest BCUT2D eigenvalue weighted by atomic mass is 10.2. The number of nitrogens with one attached hydrogen (secondary N) is 2. The average Bonchev–Trinajstić information content (AvgIpc) is 2.79. The molecule has 0 fully saturated rings. The van der Waals surface area contributed by atoms with E-state index in [1.807, 2.05) is 42.5 Å². The Balaban J connectivity index is 1.44. The number of benzene rings is 3. The zero-order valence-corrected chi connectivity index (χ0v) is 19.2. The van der Waals surface area contributed by atoms with E-state index in [2.05, 4.69) is 36.6 Å². The second kappa shape index (κ2) is 11.9. The van der Waals surface area contributed by atoms with Gasteiger partial charge in [-0.1, -0.05) is 44.2 Å². The average molecular weight is 449 g/mol. The number of hydrogen-bond donors (Lipinski definition) is 2. The topological polar surface area (TPSA) is 59.6 Å². The van der Waals surface area contributed by atoms with Crippen molar-refractivity contribution >= 4 is 28.9 Å². The molecule has 0 saturated carbocycles. The highest BCUT2D eigenvalue weighted by molar-refractivity contribution is 7.80. The lowest BCUT2D eigenvalue weighted by Gasteiger charge is -2.12. The zero-order valence-electron chi connectivity index (χ0n) is 18.3. The normalized spacial score (nSPS) is 10.5. The van der Waals surface area contributed by atoms with Gasteiger partial charge in [-0.3, -0.25) is 10.1 Å². The van der Waals surface area contributed by atoms with E-state index in [1.165, 1.54) is 5.56 Å². The molecule has 3 aromatic rings. The van der Waals surface area contributed by atoms with Crippen LogP contribution in [0.25, 0.3) is 0 Å². The quantitative estimate of drug-likeness (QED) is 0.425. The fourth-order valence-corrected chi connectivity index (χ4v) is 3.08. The Morgan fingerprint density at radius 3 is 2.16 bits per heavy atom. The van der Waals surface area contributed by atoms with Gasteiger partial charge in [-0.25, -0.2) is 0 Å². The third-order valence-corrected chi connectivity index (χ3v) is 4.75. The van der Waals surface area contributed by atoms with Crippen molar-refractivity contribution in [1.29, 1.82) is 0 Å². The summed E-state index contributed by atoms with van der Waals surface area (Å²) in [6.07, 6.45) is 0.827. The van der Waals surface area contributed by atoms with Crippen LogP contribution < -0.4 is 20.1 Å². The highest BCUT2D eigenvalue weighted by Crippen LogP contribution is 2.17. The number of carbonyl (C=O) groups is 1. The Hall–Kier alpha value is -3.38. The Kier molecular flexibility index (Phi) is 8.63. The SMILES string of the molecule is CC(C)COc1ccc(NC(=S)NC(=O)c2ccc(OCCc3ccccc3)cc2)cc1. The van der Waals surface area contributed by atoms with Gasteiger partial charge in [0.2, 0.25) is 0 Å². The molecule has 3 rings (SSSR count). The van der Waals surface area contributed by atoms with Crippen molar-refractivity contribution < 1.29 is 14.3 Å². The summed E-state index contributed by atoms with van der Waals surface area (Å²) in [5.41, 5.74) is 2.50. The van der Waals surface area contributed by atoms with Crippen LogP contribution in [0.3, 0.4) is 0 Å². The van der Waals surface area contributed by atoms with Gasteiger partial charge < -0.3 is 14.8 Å². The molecular weight excluding hydrogens is 420 g/mol. The van der Waals surface area contributed by atoms with Gasteiger partial charge >= 0.3 is 0 Å². The summed E-state index contributed by atoms with van der Waals surface area (Å²) in [5, 5.41) is 5.93. The molecule has 0 atom stereocenters. The fourth-order valence-electron chi connectivity index (χ4n) is 2.87. The molecule has 0 aliphatic heterocycles. The first kappa shape index (κ1) is 23.3. The van der Waals surface area contributed by atoms with Gasteiger partial charge in [0.05, 0.1) is 13.2 Å². The van der Waals surface area contributed by atoms with Crippen molar-refractivity contribution in [2.45, 2.75) is 20.3 Å². The Morgan fingerprint density at radius 1 is 0.875 bits per heavy atom. The van der Waals surface area contributed by atoms with Crippen LogP contribution in [0.1, 0.15) is 29.8 Å². The zero-order chi connectivity index (χ0) is 22.8. The molecule has 0 aliphatic rings. The summed E-state index contributed by atoms with van der Waals surface area (Å²) in [7, 11) is 0. The molecule has 0 unspecified atom stereocenters. The van der Waals surface area contributed by atoms with Gasteiger partial charge in [0.1, 0.15) is 11.5 Å². The number of amides is 1. The maximum absolute atomic E-state index is 12.5. The van der Waals surface area contributed by atoms with E-state index in [-0.39, 0.29) is 11.0 Å². The van der Waals surface area contributed by atoms with E-state index in [1.54, 1.807) is 24.3 Å². The van der Waals surface area contributed by atoms with Crippen LogP contribution in [0.15, 0.2) is 78.9 Å². The molecule has 0 heterocycles. The van der Waals surface area contributed by atoms with E-state index in [0.717, 1.165) is 23.6 Å². The minimum atomic E-state index is -0.282. The summed E-state index contributed by atoms with van der Waals surface area (Å²) < 4.78 is 11.4. The van der Waals surface area contributed by atoms with Crippen LogP contribution in [-0.2, 0) is 6.42 Å². The van der Waals surface area contributed by atoms with Gasteiger partial charge in [-0.2, -0.15) is 0 Å². The molecule has 3 aromatic carbocycles. The van der Waals surface area contributed by atoms with Gasteiger partial charge in [0, 0.05) is 17.7 Å². The minimum Gasteiger partial charge on any atom is -0.493 e. The number of ether oxygens (including phenoxy) is 2. The molecule has 0 radical (unpaired) electrons. The molecule has 1 amide bonds. The van der Waals surface area contributed by atoms with Gasteiger partial charge in [-0.15, -0.1) is 0 Å². The molecule has 6 heteroatoms. The summed E-state index contributed by atoms with van der Waals surface area (Å²) in [6, 6.07) is 24.6. The predicted molar refractivity (Wildman–Crippen MR) is 133 cm³/mol. The summed E-state index contributed by atoms with van der Waals surface area (Å²) in [4.78, 5) is 12.5. The largest absolute Gasteiger partial charge is 0.493 e. The number of anilines is 1. The van der Waals surface area contributed by atoms with Gasteiger partial charge in [0.25, 0.3) is 5.91 Å². The summed E-state index contributed by atoms with van der Waals surface area (Å²) in [6.45, 7) is 5.44. The molecule has 166 valence electrons. The number of carbonyl (C=O) groups excluding carboxylic acids is 1. The molecule has 2 N–H and O–H groups in total. The van der Waals surface area contributed by atoms with Crippen LogP contribution in [-0.4, -0.2) is 24.2 Å². The first-order chi connectivity index (χ1) is 15.5. The third kappa shape index (κ3) is 7.71. The standard InChI is InChI=1S/C26H28N2O3S/c1-19(2)18-31-24-14-10-22(11-15-24)27-26(32)28-25(29)21-8-12-23(13-9-21)30-17-16-20-6-4-3-5-7-20/h3-15,19H,16-18H2,1-2H3,(H2,27,28,29,32). The first-order valence-electron chi connectivity index (χ1n) is 10.6. The highest BCUT2D eigenvalue weighted by Gasteiger charge is 2.09. The van der Waals surface area contributed by atoms with E-state index < -0.39 is 0 Å². The van der Waals surface area contributed by atoms with Gasteiger partial charge in [-0.05, 0) is 72.2 Å². The van der Waals surface area contributed by atoms with Crippen molar-refractivity contribution in [3.05, 3.63) is 90.0 Å². The Bertz CT molecular complexity index is 1000. The Morgan fingerprint density at radius 2 is 1.50 bits per heavy atom. The number of rotatable bonds is 9. The van der Waals surface area contributed by atoms with Crippen molar-refractivity contribution in [3.8, 4) is 11.5 Å². The minimum absolute atomic E-state index is 0.231.